The van der Waals surface area contributed by atoms with E-state index in [1.165, 1.54) is 0 Å². The Kier molecular flexibility index (Phi) is 4.90. The molecule has 0 heterocycles. The zero-order valence-corrected chi connectivity index (χ0v) is 12.0. The number of esters is 1. The van der Waals surface area contributed by atoms with Crippen molar-refractivity contribution in [1.29, 1.82) is 0 Å². The first kappa shape index (κ1) is 15.4. The summed E-state index contributed by atoms with van der Waals surface area (Å²) in [5, 5.41) is 0. The maximum absolute atomic E-state index is 12.3. The number of benzene rings is 1. The monoisotopic (exact) mass is 261 g/mol. The molecule has 0 radical (unpaired) electrons. The van der Waals surface area contributed by atoms with Crippen LogP contribution in [0.1, 0.15) is 32.8 Å². The third-order valence-electron chi connectivity index (χ3n) is 2.68. The minimum Gasteiger partial charge on any atom is -0.459 e. The molecule has 3 heteroatoms. The number of hydrogen-bond donors (Lipinski definition) is 1. The molecule has 0 aliphatic heterocycles. The average Bonchev–Trinajstić information content (AvgIpc) is 2.28. The second-order valence-electron chi connectivity index (χ2n) is 5.81. The van der Waals surface area contributed by atoms with Crippen molar-refractivity contribution in [3.05, 3.63) is 48.6 Å². The molecule has 0 bridgehead atoms. The van der Waals surface area contributed by atoms with E-state index >= 15 is 0 Å². The molecule has 1 atom stereocenters. The van der Waals surface area contributed by atoms with Crippen molar-refractivity contribution < 1.29 is 9.53 Å². The molecule has 0 fully saturated rings. The molecule has 2 N–H and O–H groups in total. The van der Waals surface area contributed by atoms with Gasteiger partial charge in [0.05, 0.1) is 0 Å². The number of ether oxygens (including phenoxy) is 1. The van der Waals surface area contributed by atoms with Crippen LogP contribution in [-0.2, 0) is 16.0 Å². The molecule has 0 saturated carbocycles. The first-order valence-corrected chi connectivity index (χ1v) is 6.44. The highest BCUT2D eigenvalue weighted by atomic mass is 16.6. The van der Waals surface area contributed by atoms with Crippen LogP contribution < -0.4 is 5.73 Å². The molecule has 0 amide bonds. The van der Waals surface area contributed by atoms with Gasteiger partial charge in [0, 0.05) is 6.42 Å². The Bertz CT molecular complexity index is 434. The molecule has 3 nitrogen and oxygen atoms in total. The Morgan fingerprint density at radius 3 is 2.37 bits per heavy atom. The molecule has 0 aliphatic carbocycles. The van der Waals surface area contributed by atoms with E-state index in [1.54, 1.807) is 6.08 Å². The zero-order valence-electron chi connectivity index (χ0n) is 12.0. The van der Waals surface area contributed by atoms with Crippen LogP contribution in [0.3, 0.4) is 0 Å². The quantitative estimate of drug-likeness (QED) is 0.655. The lowest BCUT2D eigenvalue weighted by atomic mass is 9.88. The van der Waals surface area contributed by atoms with Crippen molar-refractivity contribution in [3.63, 3.8) is 0 Å². The lowest BCUT2D eigenvalue weighted by Gasteiger charge is -2.30. The van der Waals surface area contributed by atoms with Crippen molar-refractivity contribution in [1.82, 2.24) is 0 Å². The van der Waals surface area contributed by atoms with Crippen molar-refractivity contribution in [2.45, 2.75) is 44.8 Å². The molecule has 1 aromatic carbocycles. The molecule has 104 valence electrons. The van der Waals surface area contributed by atoms with E-state index in [4.69, 9.17) is 10.5 Å². The smallest absolute Gasteiger partial charge is 0.327 e. The third-order valence-corrected chi connectivity index (χ3v) is 2.68. The predicted octanol–water partition coefficient (Wildman–Crippen LogP) is 2.84. The molecular formula is C16H23NO2. The summed E-state index contributed by atoms with van der Waals surface area (Å²) < 4.78 is 5.42. The molecule has 0 aliphatic rings. The Morgan fingerprint density at radius 2 is 1.89 bits per heavy atom. The normalized spacial score (nSPS) is 14.5. The first-order chi connectivity index (χ1) is 8.77. The molecule has 0 spiro atoms. The van der Waals surface area contributed by atoms with Crippen LogP contribution in [0.25, 0.3) is 0 Å². The lowest BCUT2D eigenvalue weighted by Crippen LogP contribution is -2.52. The number of rotatable bonds is 5. The van der Waals surface area contributed by atoms with Crippen molar-refractivity contribution >= 4 is 5.97 Å². The van der Waals surface area contributed by atoms with Gasteiger partial charge in [0.15, 0.2) is 0 Å². The third kappa shape index (κ3) is 4.87. The average molecular weight is 261 g/mol. The number of carbonyl (C=O) groups excluding carboxylic acids is 1. The van der Waals surface area contributed by atoms with Crippen LogP contribution in [0, 0.1) is 0 Å². The lowest BCUT2D eigenvalue weighted by molar-refractivity contribution is -0.161. The molecule has 0 aromatic heterocycles. The standard InChI is InChI=1S/C16H23NO2/c1-5-11-16(17,14(18)19-15(2,3)4)12-13-9-7-6-8-10-13/h5-10H,1,11-12,17H2,2-4H3/t16-/m1/s1. The fraction of sp³-hybridized carbons (Fsp3) is 0.438. The van der Waals surface area contributed by atoms with E-state index in [0.29, 0.717) is 12.8 Å². The van der Waals surface area contributed by atoms with E-state index in [0.717, 1.165) is 5.56 Å². The van der Waals surface area contributed by atoms with Gasteiger partial charge in [-0.05, 0) is 32.8 Å². The van der Waals surface area contributed by atoms with E-state index in [-0.39, 0.29) is 5.97 Å². The van der Waals surface area contributed by atoms with E-state index < -0.39 is 11.1 Å². The van der Waals surface area contributed by atoms with Crippen LogP contribution in [0.2, 0.25) is 0 Å². The summed E-state index contributed by atoms with van der Waals surface area (Å²) in [6.07, 6.45) is 2.48. The van der Waals surface area contributed by atoms with Crippen LogP contribution in [0.15, 0.2) is 43.0 Å². The summed E-state index contributed by atoms with van der Waals surface area (Å²) in [7, 11) is 0. The van der Waals surface area contributed by atoms with Crippen LogP contribution in [0.4, 0.5) is 0 Å². The second-order valence-corrected chi connectivity index (χ2v) is 5.81. The maximum Gasteiger partial charge on any atom is 0.327 e. The van der Waals surface area contributed by atoms with Gasteiger partial charge in [-0.15, -0.1) is 6.58 Å². The van der Waals surface area contributed by atoms with Gasteiger partial charge in [0.2, 0.25) is 0 Å². The minimum atomic E-state index is -1.06. The molecular weight excluding hydrogens is 238 g/mol. The van der Waals surface area contributed by atoms with Crippen LogP contribution >= 0.6 is 0 Å². The van der Waals surface area contributed by atoms with Crippen molar-refractivity contribution in [2.24, 2.45) is 5.73 Å². The summed E-state index contributed by atoms with van der Waals surface area (Å²) in [5.41, 5.74) is 5.66. The number of hydrogen-bond acceptors (Lipinski definition) is 3. The van der Waals surface area contributed by atoms with Gasteiger partial charge < -0.3 is 10.5 Å². The van der Waals surface area contributed by atoms with Crippen molar-refractivity contribution in [3.8, 4) is 0 Å². The van der Waals surface area contributed by atoms with Crippen LogP contribution in [-0.4, -0.2) is 17.1 Å². The molecule has 1 rings (SSSR count). The van der Waals surface area contributed by atoms with Gasteiger partial charge >= 0.3 is 5.97 Å². The number of nitrogens with two attached hydrogens (primary N) is 1. The summed E-state index contributed by atoms with van der Waals surface area (Å²) in [6.45, 7) is 9.18. The Hall–Kier alpha value is -1.61. The molecule has 1 aromatic rings. The van der Waals surface area contributed by atoms with Gasteiger partial charge in [-0.25, -0.2) is 0 Å². The van der Waals surface area contributed by atoms with E-state index in [1.807, 2.05) is 51.1 Å². The van der Waals surface area contributed by atoms with Crippen LogP contribution in [0.5, 0.6) is 0 Å². The maximum atomic E-state index is 12.3. The zero-order chi connectivity index (χ0) is 14.5. The van der Waals surface area contributed by atoms with Gasteiger partial charge in [0.25, 0.3) is 0 Å². The van der Waals surface area contributed by atoms with E-state index in [2.05, 4.69) is 6.58 Å². The van der Waals surface area contributed by atoms with Gasteiger partial charge in [0.1, 0.15) is 11.1 Å². The predicted molar refractivity (Wildman–Crippen MR) is 77.7 cm³/mol. The fourth-order valence-electron chi connectivity index (χ4n) is 1.83. The molecule has 0 saturated heterocycles. The summed E-state index contributed by atoms with van der Waals surface area (Å²) in [5.74, 6) is -0.385. The Morgan fingerprint density at radius 1 is 1.32 bits per heavy atom. The summed E-state index contributed by atoms with van der Waals surface area (Å²) in [4.78, 5) is 12.3. The van der Waals surface area contributed by atoms with E-state index in [9.17, 15) is 4.79 Å². The minimum absolute atomic E-state index is 0.385. The summed E-state index contributed by atoms with van der Waals surface area (Å²) >= 11 is 0. The van der Waals surface area contributed by atoms with Gasteiger partial charge in [-0.1, -0.05) is 36.4 Å². The summed E-state index contributed by atoms with van der Waals surface area (Å²) in [6, 6.07) is 9.70. The second kappa shape index (κ2) is 6.02. The Balaban J connectivity index is 2.90. The SMILES string of the molecule is C=CC[C@@](N)(Cc1ccccc1)C(=O)OC(C)(C)C. The Labute approximate surface area is 115 Å². The first-order valence-electron chi connectivity index (χ1n) is 6.44. The molecule has 0 unspecified atom stereocenters. The largest absolute Gasteiger partial charge is 0.459 e. The fourth-order valence-corrected chi connectivity index (χ4v) is 1.83. The highest BCUT2D eigenvalue weighted by Crippen LogP contribution is 2.20. The topological polar surface area (TPSA) is 52.3 Å². The van der Waals surface area contributed by atoms with Gasteiger partial charge in [-0.3, -0.25) is 4.79 Å². The van der Waals surface area contributed by atoms with Gasteiger partial charge in [-0.2, -0.15) is 0 Å². The van der Waals surface area contributed by atoms with Crippen molar-refractivity contribution in [2.75, 3.05) is 0 Å². The number of carbonyl (C=O) groups is 1. The molecule has 19 heavy (non-hydrogen) atoms. The highest BCUT2D eigenvalue weighted by Gasteiger charge is 2.36. The highest BCUT2D eigenvalue weighted by molar-refractivity contribution is 5.81.